The molecule has 35 heavy (non-hydrogen) atoms. The molecule has 1 fully saturated rings. The highest BCUT2D eigenvalue weighted by Crippen LogP contribution is 2.38. The van der Waals surface area contributed by atoms with Gasteiger partial charge >= 0.3 is 12.4 Å². The minimum atomic E-state index is -5.10. The van der Waals surface area contributed by atoms with Crippen LogP contribution in [-0.4, -0.2) is 14.5 Å². The van der Waals surface area contributed by atoms with Crippen LogP contribution in [0.2, 0.25) is 5.02 Å². The molecular weight excluding hydrogens is 520 g/mol. The summed E-state index contributed by atoms with van der Waals surface area (Å²) >= 11 is 5.78. The monoisotopic (exact) mass is 537 g/mol. The minimum absolute atomic E-state index is 0.0470. The van der Waals surface area contributed by atoms with Gasteiger partial charge in [0.25, 0.3) is 0 Å². The van der Waals surface area contributed by atoms with Gasteiger partial charge in [-0.15, -0.1) is 0 Å². The number of nitriles is 1. The molecular formula is C22H18ClF6N3O2S. The van der Waals surface area contributed by atoms with E-state index in [4.69, 9.17) is 11.6 Å². The van der Waals surface area contributed by atoms with E-state index in [1.54, 1.807) is 0 Å². The zero-order valence-corrected chi connectivity index (χ0v) is 19.3. The number of halogens is 7. The van der Waals surface area contributed by atoms with Crippen LogP contribution in [0.15, 0.2) is 58.1 Å². The standard InChI is InChI=1S/C22H18ClF6N3O2S/c23-15-5-7-18(8-6-15)35(33,34)19(12-30)20(31-16-3-1-2-4-16)32-17-10-13(21(24,25)26)9-14(11-17)22(27,28)29/h5-11,16,31-32H,1-4H2. The normalized spacial score (nSPS) is 15.9. The number of anilines is 1. The van der Waals surface area contributed by atoms with Gasteiger partial charge in [-0.1, -0.05) is 24.4 Å². The zero-order chi connectivity index (χ0) is 26.0. The van der Waals surface area contributed by atoms with Gasteiger partial charge in [0.05, 0.1) is 16.0 Å². The van der Waals surface area contributed by atoms with Crippen molar-refractivity contribution in [1.82, 2.24) is 5.32 Å². The van der Waals surface area contributed by atoms with Crippen LogP contribution in [0.25, 0.3) is 0 Å². The molecule has 0 aromatic heterocycles. The first kappa shape index (κ1) is 26.7. The molecule has 1 aliphatic rings. The molecule has 2 aromatic carbocycles. The molecule has 13 heteroatoms. The Bertz CT molecular complexity index is 1230. The van der Waals surface area contributed by atoms with Gasteiger partial charge in [-0.3, -0.25) is 0 Å². The molecule has 5 nitrogen and oxygen atoms in total. The largest absolute Gasteiger partial charge is 0.416 e. The number of alkyl halides is 6. The fraction of sp³-hybridized carbons (Fsp3) is 0.318. The minimum Gasteiger partial charge on any atom is -0.367 e. The Hall–Kier alpha value is -2.91. The van der Waals surface area contributed by atoms with Crippen molar-refractivity contribution in [3.05, 3.63) is 69.3 Å². The predicted molar refractivity (Wildman–Crippen MR) is 117 cm³/mol. The van der Waals surface area contributed by atoms with Gasteiger partial charge in [0.2, 0.25) is 9.84 Å². The first-order chi connectivity index (χ1) is 16.2. The molecule has 0 heterocycles. The second-order valence-electron chi connectivity index (χ2n) is 7.82. The number of nitrogens with zero attached hydrogens (tertiary/aromatic N) is 1. The van der Waals surface area contributed by atoms with Crippen molar-refractivity contribution >= 4 is 27.1 Å². The number of hydrogen-bond donors (Lipinski definition) is 2. The zero-order valence-electron chi connectivity index (χ0n) is 17.8. The molecule has 0 spiro atoms. The van der Waals surface area contributed by atoms with E-state index in [1.807, 2.05) is 0 Å². The van der Waals surface area contributed by atoms with Crippen LogP contribution in [0, 0.1) is 11.3 Å². The van der Waals surface area contributed by atoms with Gasteiger partial charge in [-0.2, -0.15) is 31.6 Å². The summed E-state index contributed by atoms with van der Waals surface area (Å²) in [6.45, 7) is 0. The fourth-order valence-corrected chi connectivity index (χ4v) is 4.94. The molecule has 3 rings (SSSR count). The van der Waals surface area contributed by atoms with Crippen LogP contribution in [0.1, 0.15) is 36.8 Å². The fourth-order valence-electron chi connectivity index (χ4n) is 3.59. The Balaban J connectivity index is 2.17. The molecule has 2 N–H and O–H groups in total. The molecule has 0 atom stereocenters. The van der Waals surface area contributed by atoms with Crippen LogP contribution in [0.5, 0.6) is 0 Å². The van der Waals surface area contributed by atoms with Crippen molar-refractivity contribution < 1.29 is 34.8 Å². The van der Waals surface area contributed by atoms with Gasteiger partial charge in [-0.05, 0) is 55.3 Å². The Labute approximate surface area is 202 Å². The smallest absolute Gasteiger partial charge is 0.367 e. The summed E-state index contributed by atoms with van der Waals surface area (Å²) in [5.41, 5.74) is -3.87. The molecule has 0 aliphatic heterocycles. The molecule has 188 valence electrons. The Morgan fingerprint density at radius 1 is 0.943 bits per heavy atom. The maximum atomic E-state index is 13.3. The Morgan fingerprint density at radius 2 is 1.46 bits per heavy atom. The lowest BCUT2D eigenvalue weighted by Gasteiger charge is -2.21. The number of nitrogens with one attached hydrogen (secondary N) is 2. The van der Waals surface area contributed by atoms with E-state index in [-0.39, 0.29) is 22.0 Å². The highest BCUT2D eigenvalue weighted by atomic mass is 35.5. The number of sulfone groups is 1. The third kappa shape index (κ3) is 6.41. The van der Waals surface area contributed by atoms with Gasteiger partial charge in [0.1, 0.15) is 11.9 Å². The van der Waals surface area contributed by atoms with Crippen molar-refractivity contribution in [2.45, 2.75) is 49.0 Å². The van der Waals surface area contributed by atoms with Gasteiger partial charge in [-0.25, -0.2) is 8.42 Å². The van der Waals surface area contributed by atoms with Crippen LogP contribution in [0.3, 0.4) is 0 Å². The van der Waals surface area contributed by atoms with Gasteiger partial charge < -0.3 is 10.6 Å². The lowest BCUT2D eigenvalue weighted by Crippen LogP contribution is -2.32. The summed E-state index contributed by atoms with van der Waals surface area (Å²) in [6.07, 6.45) is -7.51. The lowest BCUT2D eigenvalue weighted by molar-refractivity contribution is -0.143. The maximum absolute atomic E-state index is 13.3. The van der Waals surface area contributed by atoms with E-state index >= 15 is 0 Å². The van der Waals surface area contributed by atoms with Crippen LogP contribution in [-0.2, 0) is 22.2 Å². The summed E-state index contributed by atoms with van der Waals surface area (Å²) in [7, 11) is -4.52. The third-order valence-electron chi connectivity index (χ3n) is 5.28. The Kier molecular flexibility index (Phi) is 7.62. The molecule has 1 saturated carbocycles. The van der Waals surface area contributed by atoms with E-state index in [0.717, 1.165) is 25.0 Å². The topological polar surface area (TPSA) is 82.0 Å². The summed E-state index contributed by atoms with van der Waals surface area (Å²) < 4.78 is 106. The van der Waals surface area contributed by atoms with Crippen molar-refractivity contribution in [3.63, 3.8) is 0 Å². The molecule has 0 amide bonds. The summed E-state index contributed by atoms with van der Waals surface area (Å²) in [6, 6.07) is 6.77. The van der Waals surface area contributed by atoms with E-state index in [1.165, 1.54) is 18.2 Å². The second kappa shape index (κ2) is 9.99. The summed E-state index contributed by atoms with van der Waals surface area (Å²) in [4.78, 5) is -1.22. The van der Waals surface area contributed by atoms with Crippen LogP contribution in [0.4, 0.5) is 32.0 Å². The van der Waals surface area contributed by atoms with Crippen molar-refractivity contribution in [2.75, 3.05) is 5.32 Å². The maximum Gasteiger partial charge on any atom is 0.416 e. The number of rotatable bonds is 6. The van der Waals surface area contributed by atoms with E-state index in [2.05, 4.69) is 10.6 Å². The first-order valence-corrected chi connectivity index (χ1v) is 12.1. The van der Waals surface area contributed by atoms with E-state index in [0.29, 0.717) is 25.0 Å². The molecule has 1 aliphatic carbocycles. The summed E-state index contributed by atoms with van der Waals surface area (Å²) in [5, 5.41) is 15.0. The van der Waals surface area contributed by atoms with Crippen LogP contribution >= 0.6 is 11.6 Å². The van der Waals surface area contributed by atoms with E-state index < -0.39 is 49.7 Å². The molecule has 0 saturated heterocycles. The quantitative estimate of drug-likeness (QED) is 0.325. The molecule has 2 aromatic rings. The van der Waals surface area contributed by atoms with Crippen molar-refractivity contribution in [2.24, 2.45) is 0 Å². The molecule has 0 unspecified atom stereocenters. The van der Waals surface area contributed by atoms with E-state index in [9.17, 15) is 40.0 Å². The van der Waals surface area contributed by atoms with Crippen molar-refractivity contribution in [3.8, 4) is 6.07 Å². The first-order valence-electron chi connectivity index (χ1n) is 10.2. The van der Waals surface area contributed by atoms with Crippen molar-refractivity contribution in [1.29, 1.82) is 5.26 Å². The van der Waals surface area contributed by atoms with Gasteiger partial charge in [0, 0.05) is 16.8 Å². The SMILES string of the molecule is N#CC(=C(Nc1cc(C(F)(F)F)cc(C(F)(F)F)c1)NC1CCCC1)S(=O)(=O)c1ccc(Cl)cc1. The number of hydrogen-bond acceptors (Lipinski definition) is 5. The average molecular weight is 538 g/mol. The highest BCUT2D eigenvalue weighted by molar-refractivity contribution is 7.95. The van der Waals surface area contributed by atoms with Gasteiger partial charge in [0.15, 0.2) is 4.91 Å². The van der Waals surface area contributed by atoms with Crippen LogP contribution < -0.4 is 10.6 Å². The Morgan fingerprint density at radius 3 is 1.91 bits per heavy atom. The summed E-state index contributed by atoms with van der Waals surface area (Å²) in [5.74, 6) is -0.512. The average Bonchev–Trinajstić information content (AvgIpc) is 3.26. The number of benzene rings is 2. The lowest BCUT2D eigenvalue weighted by atomic mass is 10.1. The molecule has 0 radical (unpaired) electrons. The second-order valence-corrected chi connectivity index (χ2v) is 10.1. The molecule has 0 bridgehead atoms. The number of allylic oxidation sites excluding steroid dienone is 1. The highest BCUT2D eigenvalue weighted by Gasteiger charge is 2.37. The predicted octanol–water partition coefficient (Wildman–Crippen LogP) is 6.49. The third-order valence-corrected chi connectivity index (χ3v) is 7.26.